The van der Waals surface area contributed by atoms with Gasteiger partial charge >= 0.3 is 0 Å². The first-order valence-corrected chi connectivity index (χ1v) is 8.52. The highest BCUT2D eigenvalue weighted by Crippen LogP contribution is 2.37. The lowest BCUT2D eigenvalue weighted by Crippen LogP contribution is -2.24. The Bertz CT molecular complexity index is 843. The fraction of sp³-hybridized carbons (Fsp3) is 0.300. The molecule has 0 unspecified atom stereocenters. The summed E-state index contributed by atoms with van der Waals surface area (Å²) in [5, 5.41) is 6.17. The largest absolute Gasteiger partial charge is 0.454 e. The van der Waals surface area contributed by atoms with E-state index >= 15 is 0 Å². The maximum absolute atomic E-state index is 12.1. The van der Waals surface area contributed by atoms with E-state index in [1.165, 1.54) is 5.56 Å². The molecule has 2 aromatic rings. The number of ether oxygens (including phenoxy) is 2. The van der Waals surface area contributed by atoms with E-state index in [1.54, 1.807) is 11.9 Å². The van der Waals surface area contributed by atoms with Crippen molar-refractivity contribution in [3.63, 3.8) is 0 Å². The Kier molecular flexibility index (Phi) is 3.92. The van der Waals surface area contributed by atoms with Crippen LogP contribution in [-0.4, -0.2) is 23.4 Å². The Morgan fingerprint density at radius 1 is 1.16 bits per heavy atom. The van der Waals surface area contributed by atoms with Gasteiger partial charge in [-0.3, -0.25) is 4.79 Å². The zero-order chi connectivity index (χ0) is 17.4. The molecule has 5 nitrogen and oxygen atoms in total. The first-order chi connectivity index (χ1) is 12.2. The molecule has 25 heavy (non-hydrogen) atoms. The van der Waals surface area contributed by atoms with E-state index in [9.17, 15) is 4.79 Å². The summed E-state index contributed by atoms with van der Waals surface area (Å²) in [6.45, 7) is 3.93. The molecular weight excluding hydrogens is 316 g/mol. The average Bonchev–Trinajstić information content (AvgIpc) is 3.28. The average molecular weight is 336 g/mol. The van der Waals surface area contributed by atoms with Crippen LogP contribution in [0.5, 0.6) is 11.5 Å². The van der Waals surface area contributed by atoms with E-state index in [1.807, 2.05) is 18.2 Å². The third kappa shape index (κ3) is 2.86. The van der Waals surface area contributed by atoms with Gasteiger partial charge in [0.1, 0.15) is 0 Å². The van der Waals surface area contributed by atoms with Crippen molar-refractivity contribution in [2.75, 3.05) is 6.79 Å². The highest BCUT2D eigenvalue weighted by atomic mass is 16.7. The van der Waals surface area contributed by atoms with Crippen LogP contribution in [0.4, 0.5) is 0 Å². The lowest BCUT2D eigenvalue weighted by molar-refractivity contribution is -0.130. The Labute approximate surface area is 146 Å². The van der Waals surface area contributed by atoms with Gasteiger partial charge in [0.15, 0.2) is 11.5 Å². The van der Waals surface area contributed by atoms with E-state index in [0.29, 0.717) is 6.42 Å². The van der Waals surface area contributed by atoms with Gasteiger partial charge in [0.05, 0.1) is 11.8 Å². The van der Waals surface area contributed by atoms with Crippen molar-refractivity contribution < 1.29 is 14.3 Å². The summed E-state index contributed by atoms with van der Waals surface area (Å²) >= 11 is 0. The third-order valence-corrected chi connectivity index (χ3v) is 4.71. The molecule has 1 amide bonds. The minimum absolute atomic E-state index is 0.0553. The zero-order valence-corrected chi connectivity index (χ0v) is 14.4. The second kappa shape index (κ2) is 6.24. The molecule has 4 rings (SSSR count). The summed E-state index contributed by atoms with van der Waals surface area (Å²) in [4.78, 5) is 12.1. The topological polar surface area (TPSA) is 51.1 Å². The minimum Gasteiger partial charge on any atom is -0.454 e. The summed E-state index contributed by atoms with van der Waals surface area (Å²) in [5.41, 5.74) is 4.24. The number of amides is 1. The van der Waals surface area contributed by atoms with E-state index in [-0.39, 0.29) is 18.7 Å². The SMILES string of the molecule is CCc1ccc([C@H]2CC(c3ccc4c(c3)OCO4)=NN2C(C)=O)cc1. The van der Waals surface area contributed by atoms with Gasteiger partial charge in [-0.15, -0.1) is 0 Å². The summed E-state index contributed by atoms with van der Waals surface area (Å²) in [6, 6.07) is 14.1. The smallest absolute Gasteiger partial charge is 0.240 e. The number of carbonyl (C=O) groups excluding carboxylic acids is 1. The standard InChI is InChI=1S/C20H20N2O3/c1-3-14-4-6-15(7-5-14)18-11-17(21-22(18)13(2)23)16-8-9-19-20(10-16)25-12-24-19/h4-10,18H,3,11-12H2,1-2H3/t18-/m1/s1. The zero-order valence-electron chi connectivity index (χ0n) is 14.4. The molecule has 0 aliphatic carbocycles. The number of hydrazone groups is 1. The van der Waals surface area contributed by atoms with Gasteiger partial charge in [-0.2, -0.15) is 5.10 Å². The van der Waals surface area contributed by atoms with Crippen molar-refractivity contribution >= 4 is 11.6 Å². The number of aryl methyl sites for hydroxylation is 1. The van der Waals surface area contributed by atoms with Gasteiger partial charge in [0.25, 0.3) is 0 Å². The predicted octanol–water partition coefficient (Wildman–Crippen LogP) is 3.68. The Morgan fingerprint density at radius 3 is 2.64 bits per heavy atom. The summed E-state index contributed by atoms with van der Waals surface area (Å²) in [5.74, 6) is 1.42. The molecule has 2 aliphatic heterocycles. The lowest BCUT2D eigenvalue weighted by Gasteiger charge is -2.20. The number of hydrogen-bond donors (Lipinski definition) is 0. The number of fused-ring (bicyclic) bond motifs is 1. The molecule has 1 atom stereocenters. The number of nitrogens with zero attached hydrogens (tertiary/aromatic N) is 2. The van der Waals surface area contributed by atoms with Gasteiger partial charge in [-0.1, -0.05) is 31.2 Å². The maximum Gasteiger partial charge on any atom is 0.240 e. The van der Waals surface area contributed by atoms with Crippen LogP contribution >= 0.6 is 0 Å². The van der Waals surface area contributed by atoms with Crippen LogP contribution < -0.4 is 9.47 Å². The molecule has 0 radical (unpaired) electrons. The van der Waals surface area contributed by atoms with Gasteiger partial charge in [0, 0.05) is 18.9 Å². The molecule has 2 aliphatic rings. The quantitative estimate of drug-likeness (QED) is 0.859. The van der Waals surface area contributed by atoms with Gasteiger partial charge < -0.3 is 9.47 Å². The highest BCUT2D eigenvalue weighted by molar-refractivity contribution is 6.03. The van der Waals surface area contributed by atoms with Crippen LogP contribution in [0.2, 0.25) is 0 Å². The molecule has 128 valence electrons. The van der Waals surface area contributed by atoms with Crippen LogP contribution in [0.3, 0.4) is 0 Å². The lowest BCUT2D eigenvalue weighted by atomic mass is 9.97. The van der Waals surface area contributed by atoms with E-state index in [0.717, 1.165) is 34.8 Å². The van der Waals surface area contributed by atoms with Crippen LogP contribution in [-0.2, 0) is 11.2 Å². The van der Waals surface area contributed by atoms with Crippen molar-refractivity contribution in [3.8, 4) is 11.5 Å². The van der Waals surface area contributed by atoms with Crippen molar-refractivity contribution in [2.45, 2.75) is 32.7 Å². The minimum atomic E-state index is -0.0659. The molecule has 0 N–H and O–H groups in total. The Morgan fingerprint density at radius 2 is 1.92 bits per heavy atom. The predicted molar refractivity (Wildman–Crippen MR) is 94.8 cm³/mol. The second-order valence-electron chi connectivity index (χ2n) is 6.29. The van der Waals surface area contributed by atoms with Crippen LogP contribution in [0.15, 0.2) is 47.6 Å². The van der Waals surface area contributed by atoms with Crippen molar-refractivity contribution in [2.24, 2.45) is 5.10 Å². The molecule has 5 heteroatoms. The molecule has 0 saturated heterocycles. The normalized spacial score (nSPS) is 18.4. The van der Waals surface area contributed by atoms with Gasteiger partial charge in [-0.05, 0) is 35.7 Å². The maximum atomic E-state index is 12.1. The number of hydrogen-bond acceptors (Lipinski definition) is 4. The molecule has 0 spiro atoms. The molecular formula is C20H20N2O3. The molecule has 0 fully saturated rings. The monoisotopic (exact) mass is 336 g/mol. The molecule has 2 heterocycles. The summed E-state index contributed by atoms with van der Waals surface area (Å²) in [7, 11) is 0. The van der Waals surface area contributed by atoms with E-state index < -0.39 is 0 Å². The number of benzene rings is 2. The van der Waals surface area contributed by atoms with Crippen molar-refractivity contribution in [3.05, 3.63) is 59.2 Å². The van der Waals surface area contributed by atoms with Crippen LogP contribution in [0, 0.1) is 0 Å². The molecule has 0 aromatic heterocycles. The molecule has 2 aromatic carbocycles. The van der Waals surface area contributed by atoms with Crippen molar-refractivity contribution in [1.82, 2.24) is 5.01 Å². The Hall–Kier alpha value is -2.82. The fourth-order valence-electron chi connectivity index (χ4n) is 3.29. The van der Waals surface area contributed by atoms with Crippen molar-refractivity contribution in [1.29, 1.82) is 0 Å². The molecule has 0 bridgehead atoms. The van der Waals surface area contributed by atoms with Gasteiger partial charge in [-0.25, -0.2) is 5.01 Å². The number of carbonyl (C=O) groups is 1. The highest BCUT2D eigenvalue weighted by Gasteiger charge is 2.31. The van der Waals surface area contributed by atoms with E-state index in [2.05, 4.69) is 36.3 Å². The van der Waals surface area contributed by atoms with Crippen LogP contribution in [0.25, 0.3) is 0 Å². The van der Waals surface area contributed by atoms with Crippen LogP contribution in [0.1, 0.15) is 43.0 Å². The van der Waals surface area contributed by atoms with Gasteiger partial charge in [0.2, 0.25) is 12.7 Å². The summed E-state index contributed by atoms with van der Waals surface area (Å²) < 4.78 is 10.8. The second-order valence-corrected chi connectivity index (χ2v) is 6.29. The Balaban J connectivity index is 1.64. The first kappa shape index (κ1) is 15.7. The fourth-order valence-corrected chi connectivity index (χ4v) is 3.29. The number of rotatable bonds is 3. The summed E-state index contributed by atoms with van der Waals surface area (Å²) in [6.07, 6.45) is 1.69. The van der Waals surface area contributed by atoms with E-state index in [4.69, 9.17) is 9.47 Å². The molecule has 0 saturated carbocycles. The first-order valence-electron chi connectivity index (χ1n) is 8.52. The third-order valence-electron chi connectivity index (χ3n) is 4.71.